The summed E-state index contributed by atoms with van der Waals surface area (Å²) in [6.45, 7) is 1.86. The molecule has 0 aliphatic rings. The highest BCUT2D eigenvalue weighted by atomic mass is 19.1. The molecule has 0 radical (unpaired) electrons. The number of rotatable bonds is 3. The molecule has 7 nitrogen and oxygen atoms in total. The quantitative estimate of drug-likeness (QED) is 0.602. The van der Waals surface area contributed by atoms with E-state index in [-0.39, 0.29) is 5.69 Å². The van der Waals surface area contributed by atoms with Gasteiger partial charge in [-0.3, -0.25) is 4.79 Å². The van der Waals surface area contributed by atoms with Crippen LogP contribution in [0.25, 0.3) is 16.7 Å². The van der Waals surface area contributed by atoms with Crippen molar-refractivity contribution in [3.63, 3.8) is 0 Å². The second-order valence-electron chi connectivity index (χ2n) is 5.52. The van der Waals surface area contributed by atoms with E-state index >= 15 is 0 Å². The van der Waals surface area contributed by atoms with Crippen LogP contribution < -0.4 is 5.32 Å². The van der Waals surface area contributed by atoms with Gasteiger partial charge in [0.05, 0.1) is 22.9 Å². The molecule has 4 rings (SSSR count). The number of anilines is 1. The molecule has 0 saturated heterocycles. The van der Waals surface area contributed by atoms with E-state index in [4.69, 9.17) is 0 Å². The molecular weight excluding hydrogens is 323 g/mol. The lowest BCUT2D eigenvalue weighted by Crippen LogP contribution is -2.17. The Hall–Kier alpha value is -3.55. The van der Waals surface area contributed by atoms with E-state index in [0.29, 0.717) is 11.4 Å². The van der Waals surface area contributed by atoms with Gasteiger partial charge in [-0.2, -0.15) is 0 Å². The number of benzene rings is 2. The Labute approximate surface area is 141 Å². The number of hydrogen-bond donors (Lipinski definition) is 2. The minimum atomic E-state index is -0.417. The molecule has 0 spiro atoms. The van der Waals surface area contributed by atoms with Crippen molar-refractivity contribution in [1.82, 2.24) is 25.0 Å². The van der Waals surface area contributed by atoms with E-state index in [1.54, 1.807) is 24.3 Å². The molecule has 0 saturated carbocycles. The van der Waals surface area contributed by atoms with Gasteiger partial charge in [-0.05, 0) is 43.3 Å². The molecule has 4 aromatic rings. The first kappa shape index (κ1) is 15.0. The fraction of sp³-hybridized carbons (Fsp3) is 0.0588. The number of fused-ring (bicyclic) bond motifs is 1. The van der Waals surface area contributed by atoms with Crippen LogP contribution in [0.15, 0.2) is 48.7 Å². The number of imidazole rings is 1. The van der Waals surface area contributed by atoms with Crippen molar-refractivity contribution < 1.29 is 9.18 Å². The van der Waals surface area contributed by atoms with Gasteiger partial charge in [-0.1, -0.05) is 11.3 Å². The number of aryl methyl sites for hydroxylation is 1. The number of nitrogens with one attached hydrogen (secondary N) is 2. The molecular formula is C17H13FN6O. The Morgan fingerprint density at radius 3 is 2.96 bits per heavy atom. The van der Waals surface area contributed by atoms with Crippen LogP contribution in [0.5, 0.6) is 0 Å². The normalized spacial score (nSPS) is 11.0. The smallest absolute Gasteiger partial charge is 0.276 e. The van der Waals surface area contributed by atoms with E-state index < -0.39 is 11.7 Å². The average Bonchev–Trinajstić information content (AvgIpc) is 3.20. The lowest BCUT2D eigenvalue weighted by molar-refractivity contribution is 0.101. The zero-order valence-corrected chi connectivity index (χ0v) is 13.2. The van der Waals surface area contributed by atoms with Crippen LogP contribution in [0.2, 0.25) is 0 Å². The van der Waals surface area contributed by atoms with Gasteiger partial charge in [-0.25, -0.2) is 14.1 Å². The van der Waals surface area contributed by atoms with E-state index in [0.717, 1.165) is 16.9 Å². The summed E-state index contributed by atoms with van der Waals surface area (Å²) in [7, 11) is 0. The summed E-state index contributed by atoms with van der Waals surface area (Å²) in [4.78, 5) is 20.0. The Morgan fingerprint density at radius 1 is 1.24 bits per heavy atom. The number of aromatic amines is 1. The standard InChI is InChI=1S/C17H13FN6O/c1-10-20-14-6-5-12(8-15(14)21-10)22-17(25)16-9-19-23-24(16)13-4-2-3-11(18)7-13/h2-9H,1H3,(H,20,21)(H,22,25). The molecule has 8 heteroatoms. The van der Waals surface area contributed by atoms with E-state index in [2.05, 4.69) is 25.6 Å². The Kier molecular flexibility index (Phi) is 3.50. The molecule has 2 aromatic heterocycles. The monoisotopic (exact) mass is 336 g/mol. The maximum atomic E-state index is 13.4. The van der Waals surface area contributed by atoms with Gasteiger partial charge >= 0.3 is 0 Å². The first-order chi connectivity index (χ1) is 12.1. The van der Waals surface area contributed by atoms with Crippen molar-refractivity contribution in [2.24, 2.45) is 0 Å². The van der Waals surface area contributed by atoms with Crippen LogP contribution in [0.4, 0.5) is 10.1 Å². The predicted octanol–water partition coefficient (Wildman–Crippen LogP) is 2.84. The largest absolute Gasteiger partial charge is 0.342 e. The molecule has 0 aliphatic heterocycles. The van der Waals surface area contributed by atoms with Gasteiger partial charge in [0, 0.05) is 5.69 Å². The summed E-state index contributed by atoms with van der Waals surface area (Å²) >= 11 is 0. The maximum Gasteiger partial charge on any atom is 0.276 e. The Balaban J connectivity index is 1.64. The first-order valence-electron chi connectivity index (χ1n) is 7.54. The molecule has 0 bridgehead atoms. The average molecular weight is 336 g/mol. The molecule has 1 amide bonds. The van der Waals surface area contributed by atoms with Crippen LogP contribution in [0.3, 0.4) is 0 Å². The third kappa shape index (κ3) is 2.85. The summed E-state index contributed by atoms with van der Waals surface area (Å²) in [5, 5.41) is 10.4. The number of amides is 1. The van der Waals surface area contributed by atoms with Crippen molar-refractivity contribution in [3.8, 4) is 5.69 Å². The Morgan fingerprint density at radius 2 is 2.12 bits per heavy atom. The summed E-state index contributed by atoms with van der Waals surface area (Å²) < 4.78 is 14.7. The van der Waals surface area contributed by atoms with Gasteiger partial charge in [0.25, 0.3) is 5.91 Å². The van der Waals surface area contributed by atoms with Gasteiger partial charge in [0.15, 0.2) is 5.69 Å². The summed E-state index contributed by atoms with van der Waals surface area (Å²) in [5.41, 5.74) is 2.87. The Bertz CT molecular complexity index is 1080. The maximum absolute atomic E-state index is 13.4. The molecule has 25 heavy (non-hydrogen) atoms. The lowest BCUT2D eigenvalue weighted by atomic mass is 10.2. The summed E-state index contributed by atoms with van der Waals surface area (Å²) in [6, 6.07) is 11.2. The molecule has 0 fully saturated rings. The van der Waals surface area contributed by atoms with Gasteiger partial charge < -0.3 is 10.3 Å². The molecule has 2 aromatic carbocycles. The number of carbonyl (C=O) groups excluding carboxylic acids is 1. The minimum Gasteiger partial charge on any atom is -0.342 e. The zero-order valence-electron chi connectivity index (χ0n) is 13.2. The third-order valence-electron chi connectivity index (χ3n) is 3.69. The van der Waals surface area contributed by atoms with Crippen molar-refractivity contribution in [2.45, 2.75) is 6.92 Å². The number of halogens is 1. The molecule has 0 atom stereocenters. The van der Waals surface area contributed by atoms with Crippen molar-refractivity contribution >= 4 is 22.6 Å². The van der Waals surface area contributed by atoms with E-state index in [1.165, 1.54) is 23.0 Å². The number of hydrogen-bond acceptors (Lipinski definition) is 4. The molecule has 0 aliphatic carbocycles. The highest BCUT2D eigenvalue weighted by Gasteiger charge is 2.15. The van der Waals surface area contributed by atoms with Gasteiger partial charge in [-0.15, -0.1) is 5.10 Å². The van der Waals surface area contributed by atoms with Crippen molar-refractivity contribution in [2.75, 3.05) is 5.32 Å². The fourth-order valence-electron chi connectivity index (χ4n) is 2.60. The molecule has 124 valence electrons. The topological polar surface area (TPSA) is 88.5 Å². The highest BCUT2D eigenvalue weighted by Crippen LogP contribution is 2.18. The predicted molar refractivity (Wildman–Crippen MR) is 90.1 cm³/mol. The van der Waals surface area contributed by atoms with E-state index in [9.17, 15) is 9.18 Å². The number of H-pyrrole nitrogens is 1. The number of carbonyl (C=O) groups is 1. The van der Waals surface area contributed by atoms with Crippen molar-refractivity contribution in [1.29, 1.82) is 0 Å². The zero-order chi connectivity index (χ0) is 17.4. The summed E-state index contributed by atoms with van der Waals surface area (Å²) in [5.74, 6) is -0.0175. The lowest BCUT2D eigenvalue weighted by Gasteiger charge is -2.07. The van der Waals surface area contributed by atoms with Gasteiger partial charge in [0.1, 0.15) is 11.6 Å². The van der Waals surface area contributed by atoms with Crippen LogP contribution >= 0.6 is 0 Å². The minimum absolute atomic E-state index is 0.200. The third-order valence-corrected chi connectivity index (χ3v) is 3.69. The molecule has 2 heterocycles. The van der Waals surface area contributed by atoms with Crippen LogP contribution in [-0.2, 0) is 0 Å². The second kappa shape index (κ2) is 5.82. The first-order valence-corrected chi connectivity index (χ1v) is 7.54. The molecule has 0 unspecified atom stereocenters. The highest BCUT2D eigenvalue weighted by molar-refractivity contribution is 6.04. The van der Waals surface area contributed by atoms with Crippen LogP contribution in [0.1, 0.15) is 16.3 Å². The number of nitrogens with zero attached hydrogens (tertiary/aromatic N) is 4. The SMILES string of the molecule is Cc1nc2ccc(NC(=O)c3cnnn3-c3cccc(F)c3)cc2[nH]1. The van der Waals surface area contributed by atoms with E-state index in [1.807, 2.05) is 13.0 Å². The van der Waals surface area contributed by atoms with Gasteiger partial charge in [0.2, 0.25) is 0 Å². The fourth-order valence-corrected chi connectivity index (χ4v) is 2.60. The second-order valence-corrected chi connectivity index (χ2v) is 5.52. The van der Waals surface area contributed by atoms with Crippen LogP contribution in [-0.4, -0.2) is 30.9 Å². The number of aromatic nitrogens is 5. The molecule has 2 N–H and O–H groups in total. The summed E-state index contributed by atoms with van der Waals surface area (Å²) in [6.07, 6.45) is 1.33. The van der Waals surface area contributed by atoms with Crippen molar-refractivity contribution in [3.05, 3.63) is 66.0 Å². The van der Waals surface area contributed by atoms with Crippen LogP contribution in [0, 0.1) is 12.7 Å².